The van der Waals surface area contributed by atoms with Crippen LogP contribution < -0.4 is 5.73 Å². The van der Waals surface area contributed by atoms with E-state index in [1.807, 2.05) is 11.8 Å². The molecule has 0 amide bonds. The molecule has 0 aromatic heterocycles. The van der Waals surface area contributed by atoms with Crippen LogP contribution in [0, 0.1) is 11.3 Å². The number of thioether (sulfide) groups is 1. The van der Waals surface area contributed by atoms with Crippen LogP contribution in [-0.4, -0.2) is 11.8 Å². The van der Waals surface area contributed by atoms with Crippen LogP contribution in [0.5, 0.6) is 0 Å². The van der Waals surface area contributed by atoms with Gasteiger partial charge in [-0.1, -0.05) is 32.0 Å². The number of hydrogen-bond acceptors (Lipinski definition) is 2. The Kier molecular flexibility index (Phi) is 4.74. The van der Waals surface area contributed by atoms with E-state index in [0.717, 1.165) is 0 Å². The van der Waals surface area contributed by atoms with Gasteiger partial charge in [0.1, 0.15) is 0 Å². The van der Waals surface area contributed by atoms with Crippen molar-refractivity contribution in [3.8, 4) is 0 Å². The van der Waals surface area contributed by atoms with Crippen molar-refractivity contribution in [3.63, 3.8) is 0 Å². The second kappa shape index (κ2) is 6.12. The van der Waals surface area contributed by atoms with Crippen LogP contribution in [0.2, 0.25) is 0 Å². The average Bonchev–Trinajstić information content (AvgIpc) is 2.35. The summed E-state index contributed by atoms with van der Waals surface area (Å²) in [5, 5.41) is 0. The molecule has 0 aliphatic heterocycles. The molecule has 1 aromatic rings. The maximum atomic E-state index is 6.27. The van der Waals surface area contributed by atoms with Crippen molar-refractivity contribution in [1.82, 2.24) is 0 Å². The molecular formula is C16H25NS. The summed E-state index contributed by atoms with van der Waals surface area (Å²) in [5.41, 5.74) is 6.77. The van der Waals surface area contributed by atoms with Crippen molar-refractivity contribution in [1.29, 1.82) is 0 Å². The Bertz CT molecular complexity index is 361. The molecule has 2 unspecified atom stereocenters. The summed E-state index contributed by atoms with van der Waals surface area (Å²) in [4.78, 5) is 1.38. The highest BCUT2D eigenvalue weighted by molar-refractivity contribution is 7.99. The standard InChI is InChI=1S/C16H25NS/c1-16(2)10-8-15(17)13(12-16)9-11-18-14-6-4-3-5-7-14/h3-7,13,15H,8-12,17H2,1-2H3. The van der Waals surface area contributed by atoms with Gasteiger partial charge in [0.2, 0.25) is 0 Å². The van der Waals surface area contributed by atoms with Gasteiger partial charge < -0.3 is 5.73 Å². The Morgan fingerprint density at radius 2 is 2.00 bits per heavy atom. The van der Waals surface area contributed by atoms with E-state index >= 15 is 0 Å². The third-order valence-electron chi connectivity index (χ3n) is 4.08. The lowest BCUT2D eigenvalue weighted by molar-refractivity contribution is 0.155. The fourth-order valence-corrected chi connectivity index (χ4v) is 3.92. The van der Waals surface area contributed by atoms with Gasteiger partial charge >= 0.3 is 0 Å². The molecule has 0 saturated heterocycles. The molecule has 2 N–H and O–H groups in total. The van der Waals surface area contributed by atoms with Crippen molar-refractivity contribution in [2.75, 3.05) is 5.75 Å². The van der Waals surface area contributed by atoms with Gasteiger partial charge in [0, 0.05) is 10.9 Å². The predicted octanol–water partition coefficient (Wildman–Crippen LogP) is 4.32. The first-order valence-electron chi connectivity index (χ1n) is 7.00. The molecule has 1 aliphatic rings. The zero-order valence-corrected chi connectivity index (χ0v) is 12.4. The lowest BCUT2D eigenvalue weighted by atomic mass is 9.69. The van der Waals surface area contributed by atoms with E-state index in [0.29, 0.717) is 17.4 Å². The summed E-state index contributed by atoms with van der Waals surface area (Å²) in [6, 6.07) is 11.1. The van der Waals surface area contributed by atoms with Crippen LogP contribution in [0.1, 0.15) is 39.5 Å². The number of nitrogens with two attached hydrogens (primary N) is 1. The normalized spacial score (nSPS) is 27.1. The average molecular weight is 263 g/mol. The monoisotopic (exact) mass is 263 g/mol. The van der Waals surface area contributed by atoms with Crippen molar-refractivity contribution < 1.29 is 0 Å². The number of rotatable bonds is 4. The van der Waals surface area contributed by atoms with Crippen molar-refractivity contribution in [3.05, 3.63) is 30.3 Å². The molecule has 0 heterocycles. The van der Waals surface area contributed by atoms with Crippen molar-refractivity contribution in [2.24, 2.45) is 17.1 Å². The topological polar surface area (TPSA) is 26.0 Å². The van der Waals surface area contributed by atoms with Crippen LogP contribution in [0.15, 0.2) is 35.2 Å². The molecule has 2 rings (SSSR count). The molecule has 1 aromatic carbocycles. The van der Waals surface area contributed by atoms with E-state index in [9.17, 15) is 0 Å². The lowest BCUT2D eigenvalue weighted by Crippen LogP contribution is -2.39. The molecule has 1 aliphatic carbocycles. The summed E-state index contributed by atoms with van der Waals surface area (Å²) >= 11 is 1.96. The van der Waals surface area contributed by atoms with E-state index in [2.05, 4.69) is 44.2 Å². The largest absolute Gasteiger partial charge is 0.327 e. The molecule has 2 atom stereocenters. The SMILES string of the molecule is CC1(C)CCC(N)C(CCSc2ccccc2)C1. The van der Waals surface area contributed by atoms with Crippen molar-refractivity contribution >= 4 is 11.8 Å². The molecule has 1 fully saturated rings. The Balaban J connectivity index is 1.79. The fourth-order valence-electron chi connectivity index (χ4n) is 2.92. The van der Waals surface area contributed by atoms with Crippen LogP contribution >= 0.6 is 11.8 Å². The molecule has 1 saturated carbocycles. The van der Waals surface area contributed by atoms with Crippen LogP contribution in [0.3, 0.4) is 0 Å². The zero-order chi connectivity index (χ0) is 13.0. The summed E-state index contributed by atoms with van der Waals surface area (Å²) in [6.45, 7) is 4.77. The van der Waals surface area contributed by atoms with Gasteiger partial charge in [0.15, 0.2) is 0 Å². The molecule has 0 spiro atoms. The number of hydrogen-bond donors (Lipinski definition) is 1. The molecule has 100 valence electrons. The summed E-state index contributed by atoms with van der Waals surface area (Å²) in [7, 11) is 0. The van der Waals surface area contributed by atoms with E-state index in [4.69, 9.17) is 5.73 Å². The smallest absolute Gasteiger partial charge is 0.00719 e. The van der Waals surface area contributed by atoms with E-state index < -0.39 is 0 Å². The van der Waals surface area contributed by atoms with E-state index in [1.54, 1.807) is 0 Å². The zero-order valence-electron chi connectivity index (χ0n) is 11.6. The fraction of sp³-hybridized carbons (Fsp3) is 0.625. The van der Waals surface area contributed by atoms with Gasteiger partial charge in [-0.2, -0.15) is 0 Å². The van der Waals surface area contributed by atoms with E-state index in [1.165, 1.54) is 36.3 Å². The van der Waals surface area contributed by atoms with Gasteiger partial charge in [-0.05, 0) is 54.9 Å². The summed E-state index contributed by atoms with van der Waals surface area (Å²) < 4.78 is 0. The molecular weight excluding hydrogens is 238 g/mol. The highest BCUT2D eigenvalue weighted by Gasteiger charge is 2.32. The highest BCUT2D eigenvalue weighted by atomic mass is 32.2. The van der Waals surface area contributed by atoms with E-state index in [-0.39, 0.29) is 0 Å². The van der Waals surface area contributed by atoms with Gasteiger partial charge in [-0.25, -0.2) is 0 Å². The Morgan fingerprint density at radius 1 is 1.28 bits per heavy atom. The minimum absolute atomic E-state index is 0.425. The van der Waals surface area contributed by atoms with Crippen LogP contribution in [-0.2, 0) is 0 Å². The van der Waals surface area contributed by atoms with Gasteiger partial charge in [-0.3, -0.25) is 0 Å². The van der Waals surface area contributed by atoms with Crippen LogP contribution in [0.4, 0.5) is 0 Å². The van der Waals surface area contributed by atoms with Crippen molar-refractivity contribution in [2.45, 2.75) is 50.5 Å². The first-order chi connectivity index (χ1) is 8.57. The minimum atomic E-state index is 0.425. The van der Waals surface area contributed by atoms with Crippen LogP contribution in [0.25, 0.3) is 0 Å². The summed E-state index contributed by atoms with van der Waals surface area (Å²) in [6.07, 6.45) is 5.04. The number of benzene rings is 1. The summed E-state index contributed by atoms with van der Waals surface area (Å²) in [5.74, 6) is 1.91. The molecule has 1 nitrogen and oxygen atoms in total. The maximum absolute atomic E-state index is 6.27. The molecule has 0 bridgehead atoms. The Morgan fingerprint density at radius 3 is 2.72 bits per heavy atom. The highest BCUT2D eigenvalue weighted by Crippen LogP contribution is 2.40. The quantitative estimate of drug-likeness (QED) is 0.819. The third kappa shape index (κ3) is 4.03. The Hall–Kier alpha value is -0.470. The predicted molar refractivity (Wildman–Crippen MR) is 80.9 cm³/mol. The molecule has 18 heavy (non-hydrogen) atoms. The van der Waals surface area contributed by atoms with Gasteiger partial charge in [0.05, 0.1) is 0 Å². The first kappa shape index (κ1) is 14.0. The Labute approximate surface area is 116 Å². The lowest BCUT2D eigenvalue weighted by Gasteiger charge is -2.39. The second-order valence-corrected chi connectivity index (χ2v) is 7.45. The van der Waals surface area contributed by atoms with Gasteiger partial charge in [0.25, 0.3) is 0 Å². The maximum Gasteiger partial charge on any atom is 0.00719 e. The second-order valence-electron chi connectivity index (χ2n) is 6.28. The van der Waals surface area contributed by atoms with Gasteiger partial charge in [-0.15, -0.1) is 11.8 Å². The molecule has 2 heteroatoms. The minimum Gasteiger partial charge on any atom is -0.327 e. The third-order valence-corrected chi connectivity index (χ3v) is 5.12. The first-order valence-corrected chi connectivity index (χ1v) is 7.99. The molecule has 0 radical (unpaired) electrons.